The monoisotopic (exact) mass is 286 g/mol. The van der Waals surface area contributed by atoms with Crippen LogP contribution in [0.1, 0.15) is 5.56 Å². The molecule has 4 heterocycles. The number of piperazine rings is 3. The lowest BCUT2D eigenvalue weighted by Gasteiger charge is -2.47. The average molecular weight is 286 g/mol. The fourth-order valence-electron chi connectivity index (χ4n) is 2.81. The number of alkyl halides is 3. The van der Waals surface area contributed by atoms with Crippen molar-refractivity contribution in [2.75, 3.05) is 44.6 Å². The highest BCUT2D eigenvalue weighted by atomic mass is 19.4. The van der Waals surface area contributed by atoms with Crippen LogP contribution in [0.25, 0.3) is 0 Å². The maximum Gasteiger partial charge on any atom is 0.417 e. The van der Waals surface area contributed by atoms with Gasteiger partial charge in [0.15, 0.2) is 0 Å². The SMILES string of the molecule is FC(F)(F)c1ccc(NCC2CN3CCN2CC3)nc1. The van der Waals surface area contributed by atoms with E-state index in [0.29, 0.717) is 11.9 Å². The molecule has 4 rings (SSSR count). The third kappa shape index (κ3) is 2.88. The predicted molar refractivity (Wildman–Crippen MR) is 69.5 cm³/mol. The van der Waals surface area contributed by atoms with Crippen LogP contribution < -0.4 is 5.32 Å². The minimum Gasteiger partial charge on any atom is -0.368 e. The fourth-order valence-corrected chi connectivity index (χ4v) is 2.81. The number of hydrogen-bond acceptors (Lipinski definition) is 4. The molecule has 3 aliphatic heterocycles. The van der Waals surface area contributed by atoms with Crippen LogP contribution in [-0.2, 0) is 6.18 Å². The quantitative estimate of drug-likeness (QED) is 0.913. The molecule has 1 aromatic heterocycles. The summed E-state index contributed by atoms with van der Waals surface area (Å²) in [5.74, 6) is 0.496. The average Bonchev–Trinajstić information content (AvgIpc) is 2.46. The summed E-state index contributed by atoms with van der Waals surface area (Å²) in [7, 11) is 0. The maximum atomic E-state index is 12.4. The van der Waals surface area contributed by atoms with Crippen LogP contribution in [0.5, 0.6) is 0 Å². The van der Waals surface area contributed by atoms with E-state index in [1.54, 1.807) is 0 Å². The Labute approximate surface area is 115 Å². The highest BCUT2D eigenvalue weighted by Crippen LogP contribution is 2.28. The molecule has 0 saturated carbocycles. The molecule has 0 aliphatic carbocycles. The molecule has 3 saturated heterocycles. The fraction of sp³-hybridized carbons (Fsp3) is 0.615. The van der Waals surface area contributed by atoms with Gasteiger partial charge in [-0.3, -0.25) is 9.80 Å². The van der Waals surface area contributed by atoms with E-state index in [2.05, 4.69) is 20.1 Å². The first kappa shape index (κ1) is 13.6. The molecule has 0 aromatic carbocycles. The van der Waals surface area contributed by atoms with Gasteiger partial charge < -0.3 is 5.32 Å². The van der Waals surface area contributed by atoms with E-state index in [1.807, 2.05) is 0 Å². The lowest BCUT2D eigenvalue weighted by atomic mass is 10.1. The number of fused-ring (bicyclic) bond motifs is 3. The number of halogens is 3. The Morgan fingerprint density at radius 1 is 1.20 bits per heavy atom. The van der Waals surface area contributed by atoms with Crippen molar-refractivity contribution in [1.82, 2.24) is 14.8 Å². The number of pyridine rings is 1. The third-order valence-electron chi connectivity index (χ3n) is 4.00. The van der Waals surface area contributed by atoms with Gasteiger partial charge in [0.2, 0.25) is 0 Å². The van der Waals surface area contributed by atoms with Gasteiger partial charge in [-0.1, -0.05) is 0 Å². The van der Waals surface area contributed by atoms with E-state index in [1.165, 1.54) is 6.07 Å². The first-order valence-corrected chi connectivity index (χ1v) is 6.76. The number of aromatic nitrogens is 1. The molecular weight excluding hydrogens is 269 g/mol. The summed E-state index contributed by atoms with van der Waals surface area (Å²) in [6, 6.07) is 2.87. The minimum atomic E-state index is -4.33. The summed E-state index contributed by atoms with van der Waals surface area (Å²) in [4.78, 5) is 8.68. The zero-order chi connectivity index (χ0) is 14.2. The minimum absolute atomic E-state index is 0.418. The molecule has 3 aliphatic rings. The number of anilines is 1. The van der Waals surface area contributed by atoms with Crippen molar-refractivity contribution in [3.8, 4) is 0 Å². The summed E-state index contributed by atoms with van der Waals surface area (Å²) in [6.45, 7) is 6.13. The van der Waals surface area contributed by atoms with E-state index in [9.17, 15) is 13.2 Å². The molecule has 1 N–H and O–H groups in total. The largest absolute Gasteiger partial charge is 0.417 e. The van der Waals surface area contributed by atoms with Gasteiger partial charge in [-0.15, -0.1) is 0 Å². The highest BCUT2D eigenvalue weighted by molar-refractivity contribution is 5.36. The van der Waals surface area contributed by atoms with Crippen molar-refractivity contribution in [1.29, 1.82) is 0 Å². The van der Waals surface area contributed by atoms with E-state index < -0.39 is 11.7 Å². The van der Waals surface area contributed by atoms with Gasteiger partial charge in [-0.25, -0.2) is 4.98 Å². The Hall–Kier alpha value is -1.34. The predicted octanol–water partition coefficient (Wildman–Crippen LogP) is 1.51. The second kappa shape index (κ2) is 5.21. The van der Waals surface area contributed by atoms with Crippen molar-refractivity contribution >= 4 is 5.82 Å². The molecule has 20 heavy (non-hydrogen) atoms. The number of nitrogens with zero attached hydrogens (tertiary/aromatic N) is 3. The smallest absolute Gasteiger partial charge is 0.368 e. The molecule has 7 heteroatoms. The van der Waals surface area contributed by atoms with Crippen LogP contribution in [0.3, 0.4) is 0 Å². The molecule has 0 spiro atoms. The van der Waals surface area contributed by atoms with Gasteiger partial charge in [0.05, 0.1) is 5.56 Å². The van der Waals surface area contributed by atoms with Gasteiger partial charge in [-0.05, 0) is 12.1 Å². The molecule has 0 radical (unpaired) electrons. The van der Waals surface area contributed by atoms with Crippen molar-refractivity contribution in [2.45, 2.75) is 12.2 Å². The van der Waals surface area contributed by atoms with E-state index >= 15 is 0 Å². The van der Waals surface area contributed by atoms with Crippen LogP contribution in [0.15, 0.2) is 18.3 Å². The molecular formula is C13H17F3N4. The molecule has 1 atom stereocenters. The standard InChI is InChI=1S/C13H17F3N4/c14-13(15,16)10-1-2-12(17-7-10)18-8-11-9-19-3-5-20(11)6-4-19/h1-2,7,11H,3-6,8-9H2,(H,17,18). The summed E-state index contributed by atoms with van der Waals surface area (Å²) < 4.78 is 37.3. The van der Waals surface area contributed by atoms with Gasteiger partial charge in [-0.2, -0.15) is 13.2 Å². The molecule has 1 aromatic rings. The van der Waals surface area contributed by atoms with Gasteiger partial charge in [0, 0.05) is 51.5 Å². The molecule has 2 bridgehead atoms. The Bertz CT molecular complexity index is 452. The zero-order valence-electron chi connectivity index (χ0n) is 11.0. The van der Waals surface area contributed by atoms with Crippen molar-refractivity contribution in [3.05, 3.63) is 23.9 Å². The summed E-state index contributed by atoms with van der Waals surface area (Å²) in [5.41, 5.74) is -0.713. The lowest BCUT2D eigenvalue weighted by Crippen LogP contribution is -2.62. The van der Waals surface area contributed by atoms with Crippen molar-refractivity contribution in [2.24, 2.45) is 0 Å². The van der Waals surface area contributed by atoms with Crippen molar-refractivity contribution < 1.29 is 13.2 Å². The van der Waals surface area contributed by atoms with Crippen LogP contribution in [0.4, 0.5) is 19.0 Å². The molecule has 4 nitrogen and oxygen atoms in total. The Morgan fingerprint density at radius 3 is 2.45 bits per heavy atom. The van der Waals surface area contributed by atoms with E-state index in [0.717, 1.165) is 51.5 Å². The second-order valence-corrected chi connectivity index (χ2v) is 5.30. The summed E-state index contributed by atoms with van der Waals surface area (Å²) in [5, 5.41) is 3.13. The Balaban J connectivity index is 1.56. The molecule has 1 unspecified atom stereocenters. The molecule has 110 valence electrons. The zero-order valence-corrected chi connectivity index (χ0v) is 11.0. The van der Waals surface area contributed by atoms with Gasteiger partial charge in [0.1, 0.15) is 5.82 Å². The number of hydrogen-bond donors (Lipinski definition) is 1. The second-order valence-electron chi connectivity index (χ2n) is 5.30. The summed E-state index contributed by atoms with van der Waals surface area (Å²) >= 11 is 0. The van der Waals surface area contributed by atoms with E-state index in [4.69, 9.17) is 0 Å². The Morgan fingerprint density at radius 2 is 1.95 bits per heavy atom. The van der Waals surface area contributed by atoms with E-state index in [-0.39, 0.29) is 0 Å². The van der Waals surface area contributed by atoms with Crippen LogP contribution in [-0.4, -0.2) is 60.1 Å². The topological polar surface area (TPSA) is 31.4 Å². The number of nitrogens with one attached hydrogen (secondary N) is 1. The highest BCUT2D eigenvalue weighted by Gasteiger charge is 2.32. The van der Waals surface area contributed by atoms with Crippen LogP contribution in [0.2, 0.25) is 0 Å². The number of rotatable bonds is 3. The van der Waals surface area contributed by atoms with Gasteiger partial charge >= 0.3 is 6.18 Å². The first-order valence-electron chi connectivity index (χ1n) is 6.76. The normalized spacial score (nSPS) is 29.4. The summed E-state index contributed by atoms with van der Waals surface area (Å²) in [6.07, 6.45) is -3.45. The van der Waals surface area contributed by atoms with Crippen LogP contribution in [0, 0.1) is 0 Å². The maximum absolute atomic E-state index is 12.4. The molecule has 3 fully saturated rings. The van der Waals surface area contributed by atoms with Crippen molar-refractivity contribution in [3.63, 3.8) is 0 Å². The third-order valence-corrected chi connectivity index (χ3v) is 4.00. The first-order chi connectivity index (χ1) is 9.52. The lowest BCUT2D eigenvalue weighted by molar-refractivity contribution is -0.137. The Kier molecular flexibility index (Phi) is 3.55. The van der Waals surface area contributed by atoms with Crippen LogP contribution >= 0.6 is 0 Å². The molecule has 0 amide bonds. The van der Waals surface area contributed by atoms with Gasteiger partial charge in [0.25, 0.3) is 0 Å².